The molecule has 3 unspecified atom stereocenters. The first-order valence-electron chi connectivity index (χ1n) is 7.44. The Balaban J connectivity index is 2.60. The molecule has 120 valence electrons. The number of urea groups is 1. The Morgan fingerprint density at radius 3 is 2.62 bits per heavy atom. The van der Waals surface area contributed by atoms with E-state index in [1.54, 1.807) is 6.92 Å². The van der Waals surface area contributed by atoms with Gasteiger partial charge in [-0.05, 0) is 32.1 Å². The fraction of sp³-hybridized carbons (Fsp3) is 0.786. The number of hydrogen-bond donors (Lipinski definition) is 3. The minimum Gasteiger partial charge on any atom is -0.480 e. The Morgan fingerprint density at radius 2 is 2.05 bits per heavy atom. The summed E-state index contributed by atoms with van der Waals surface area (Å²) in [5, 5.41) is 14.5. The summed E-state index contributed by atoms with van der Waals surface area (Å²) in [7, 11) is 0. The molecule has 0 aromatic carbocycles. The Labute approximate surface area is 125 Å². The topological polar surface area (TPSA) is 98.7 Å². The van der Waals surface area contributed by atoms with Crippen molar-refractivity contribution in [2.75, 3.05) is 13.1 Å². The van der Waals surface area contributed by atoms with Crippen molar-refractivity contribution in [3.05, 3.63) is 0 Å². The average Bonchev–Trinajstić information content (AvgIpc) is 2.44. The maximum absolute atomic E-state index is 12.2. The van der Waals surface area contributed by atoms with Crippen LogP contribution in [0, 0.1) is 5.92 Å². The van der Waals surface area contributed by atoms with Crippen LogP contribution in [0.2, 0.25) is 0 Å². The van der Waals surface area contributed by atoms with Crippen LogP contribution >= 0.6 is 0 Å². The molecule has 1 aliphatic rings. The van der Waals surface area contributed by atoms with Crippen LogP contribution in [-0.2, 0) is 9.59 Å². The molecule has 7 heteroatoms. The van der Waals surface area contributed by atoms with E-state index in [4.69, 9.17) is 0 Å². The van der Waals surface area contributed by atoms with Crippen LogP contribution in [0.4, 0.5) is 4.79 Å². The van der Waals surface area contributed by atoms with Gasteiger partial charge in [-0.2, -0.15) is 0 Å². The van der Waals surface area contributed by atoms with Gasteiger partial charge in [-0.15, -0.1) is 0 Å². The van der Waals surface area contributed by atoms with Crippen molar-refractivity contribution < 1.29 is 19.5 Å². The molecule has 3 amide bonds. The second kappa shape index (κ2) is 7.85. The molecule has 1 heterocycles. The molecular formula is C14H25N3O4. The lowest BCUT2D eigenvalue weighted by molar-refractivity contribution is -0.143. The summed E-state index contributed by atoms with van der Waals surface area (Å²) in [5.41, 5.74) is 0. The van der Waals surface area contributed by atoms with Crippen LogP contribution in [0.15, 0.2) is 0 Å². The van der Waals surface area contributed by atoms with Crippen molar-refractivity contribution in [2.45, 2.75) is 52.1 Å². The van der Waals surface area contributed by atoms with Crippen LogP contribution in [0.1, 0.15) is 40.0 Å². The van der Waals surface area contributed by atoms with Gasteiger partial charge in [0.25, 0.3) is 0 Å². The van der Waals surface area contributed by atoms with Crippen molar-refractivity contribution >= 4 is 17.9 Å². The average molecular weight is 299 g/mol. The fourth-order valence-electron chi connectivity index (χ4n) is 2.35. The van der Waals surface area contributed by atoms with Crippen LogP contribution < -0.4 is 10.6 Å². The van der Waals surface area contributed by atoms with Crippen LogP contribution in [-0.4, -0.2) is 53.1 Å². The van der Waals surface area contributed by atoms with Gasteiger partial charge in [0.2, 0.25) is 5.91 Å². The molecule has 0 aliphatic carbocycles. The molecule has 0 bridgehead atoms. The van der Waals surface area contributed by atoms with Gasteiger partial charge in [0.1, 0.15) is 12.1 Å². The van der Waals surface area contributed by atoms with E-state index in [1.807, 2.05) is 13.8 Å². The number of rotatable bonds is 5. The number of aliphatic carboxylic acids is 1. The second-order valence-corrected chi connectivity index (χ2v) is 5.64. The summed E-state index contributed by atoms with van der Waals surface area (Å²) >= 11 is 0. The molecule has 1 aliphatic heterocycles. The lowest BCUT2D eigenvalue weighted by Crippen LogP contribution is -2.56. The van der Waals surface area contributed by atoms with Crippen molar-refractivity contribution in [2.24, 2.45) is 5.92 Å². The number of carbonyl (C=O) groups excluding carboxylic acids is 2. The molecule has 0 aromatic rings. The Kier molecular flexibility index (Phi) is 6.45. The van der Waals surface area contributed by atoms with E-state index >= 15 is 0 Å². The third-order valence-corrected chi connectivity index (χ3v) is 3.69. The molecule has 0 radical (unpaired) electrons. The molecular weight excluding hydrogens is 274 g/mol. The van der Waals surface area contributed by atoms with Crippen molar-refractivity contribution in [3.63, 3.8) is 0 Å². The number of nitrogens with one attached hydrogen (secondary N) is 2. The summed E-state index contributed by atoms with van der Waals surface area (Å²) < 4.78 is 0. The SMILES string of the molecule is CCCNC(=O)C(C)NC(=O)N1CCC(C)CC1C(=O)O. The van der Waals surface area contributed by atoms with Crippen LogP contribution in [0.25, 0.3) is 0 Å². The molecule has 1 fully saturated rings. The Hall–Kier alpha value is -1.79. The lowest BCUT2D eigenvalue weighted by atomic mass is 9.93. The monoisotopic (exact) mass is 299 g/mol. The number of likely N-dealkylation sites (tertiary alicyclic amines) is 1. The number of carbonyl (C=O) groups is 3. The zero-order valence-electron chi connectivity index (χ0n) is 12.9. The molecule has 3 N–H and O–H groups in total. The fourth-order valence-corrected chi connectivity index (χ4v) is 2.35. The first-order chi connectivity index (χ1) is 9.86. The first kappa shape index (κ1) is 17.3. The number of carboxylic acids is 1. The molecule has 7 nitrogen and oxygen atoms in total. The number of hydrogen-bond acceptors (Lipinski definition) is 3. The number of carboxylic acid groups (broad SMARTS) is 1. The van der Waals surface area contributed by atoms with Gasteiger partial charge in [-0.25, -0.2) is 9.59 Å². The van der Waals surface area contributed by atoms with E-state index in [9.17, 15) is 19.5 Å². The van der Waals surface area contributed by atoms with Crippen LogP contribution in [0.3, 0.4) is 0 Å². The highest BCUT2D eigenvalue weighted by molar-refractivity contribution is 5.88. The highest BCUT2D eigenvalue weighted by Crippen LogP contribution is 2.22. The summed E-state index contributed by atoms with van der Waals surface area (Å²) in [5.74, 6) is -0.984. The largest absolute Gasteiger partial charge is 0.480 e. The number of piperidine rings is 1. The highest BCUT2D eigenvalue weighted by Gasteiger charge is 2.35. The minimum absolute atomic E-state index is 0.262. The lowest BCUT2D eigenvalue weighted by Gasteiger charge is -2.36. The second-order valence-electron chi connectivity index (χ2n) is 5.64. The van der Waals surface area contributed by atoms with Crippen LogP contribution in [0.5, 0.6) is 0 Å². The molecule has 0 spiro atoms. The molecule has 0 saturated carbocycles. The Morgan fingerprint density at radius 1 is 1.38 bits per heavy atom. The van der Waals surface area contributed by atoms with Gasteiger partial charge < -0.3 is 20.6 Å². The Bertz CT molecular complexity index is 400. The molecule has 3 atom stereocenters. The number of nitrogens with zero attached hydrogens (tertiary/aromatic N) is 1. The van der Waals surface area contributed by atoms with E-state index in [1.165, 1.54) is 4.90 Å². The molecule has 0 aromatic heterocycles. The third-order valence-electron chi connectivity index (χ3n) is 3.69. The van der Waals surface area contributed by atoms with E-state index in [2.05, 4.69) is 10.6 Å². The maximum Gasteiger partial charge on any atom is 0.326 e. The zero-order chi connectivity index (χ0) is 16.0. The van der Waals surface area contributed by atoms with Gasteiger partial charge in [-0.1, -0.05) is 13.8 Å². The quantitative estimate of drug-likeness (QED) is 0.699. The van der Waals surface area contributed by atoms with Gasteiger partial charge >= 0.3 is 12.0 Å². The van der Waals surface area contributed by atoms with Gasteiger partial charge in [0.05, 0.1) is 0 Å². The van der Waals surface area contributed by atoms with E-state index in [-0.39, 0.29) is 11.8 Å². The van der Waals surface area contributed by atoms with E-state index < -0.39 is 24.1 Å². The molecule has 1 saturated heterocycles. The highest BCUT2D eigenvalue weighted by atomic mass is 16.4. The number of amides is 3. The predicted molar refractivity (Wildman–Crippen MR) is 77.8 cm³/mol. The third kappa shape index (κ3) is 4.91. The standard InChI is InChI=1S/C14H25N3O4/c1-4-6-15-12(18)10(3)16-14(21)17-7-5-9(2)8-11(17)13(19)20/h9-11H,4-8H2,1-3H3,(H,15,18)(H,16,21)(H,19,20). The smallest absolute Gasteiger partial charge is 0.326 e. The minimum atomic E-state index is -1.00. The summed E-state index contributed by atoms with van der Waals surface area (Å²) in [6.07, 6.45) is 2.03. The normalized spacial score (nSPS) is 23.3. The molecule has 21 heavy (non-hydrogen) atoms. The molecule has 1 rings (SSSR count). The van der Waals surface area contributed by atoms with Crippen molar-refractivity contribution in [1.29, 1.82) is 0 Å². The van der Waals surface area contributed by atoms with Gasteiger partial charge in [-0.3, -0.25) is 4.79 Å². The summed E-state index contributed by atoms with van der Waals surface area (Å²) in [6, 6.07) is -1.99. The maximum atomic E-state index is 12.2. The van der Waals surface area contributed by atoms with E-state index in [0.717, 1.165) is 12.8 Å². The zero-order valence-corrected chi connectivity index (χ0v) is 12.9. The van der Waals surface area contributed by atoms with Gasteiger partial charge in [0, 0.05) is 13.1 Å². The van der Waals surface area contributed by atoms with Crippen molar-refractivity contribution in [1.82, 2.24) is 15.5 Å². The predicted octanol–water partition coefficient (Wildman–Crippen LogP) is 0.796. The van der Waals surface area contributed by atoms with E-state index in [0.29, 0.717) is 19.5 Å². The summed E-state index contributed by atoms with van der Waals surface area (Å²) in [6.45, 7) is 6.46. The van der Waals surface area contributed by atoms with Gasteiger partial charge in [0.15, 0.2) is 0 Å². The summed E-state index contributed by atoms with van der Waals surface area (Å²) in [4.78, 5) is 36.5. The first-order valence-corrected chi connectivity index (χ1v) is 7.44. The van der Waals surface area contributed by atoms with Crippen molar-refractivity contribution in [3.8, 4) is 0 Å².